The van der Waals surface area contributed by atoms with Crippen molar-refractivity contribution < 1.29 is 18.8 Å². The second kappa shape index (κ2) is 17.8. The highest BCUT2D eigenvalue weighted by atomic mass is 19.1. The number of H-pyrrole nitrogens is 1. The predicted molar refractivity (Wildman–Crippen MR) is 236 cm³/mol. The van der Waals surface area contributed by atoms with Crippen molar-refractivity contribution in [2.75, 3.05) is 77.7 Å². The Morgan fingerprint density at radius 1 is 0.806 bits per heavy atom. The molecule has 4 saturated heterocycles. The normalized spacial score (nSPS) is 20.8. The second-order valence-electron chi connectivity index (χ2n) is 17.4. The molecular formula is C48H54FN9O4. The molecule has 5 fully saturated rings. The van der Waals surface area contributed by atoms with E-state index in [0.717, 1.165) is 76.1 Å². The van der Waals surface area contributed by atoms with Crippen LogP contribution in [0.2, 0.25) is 0 Å². The average molecular weight is 840 g/mol. The van der Waals surface area contributed by atoms with Gasteiger partial charge in [-0.2, -0.15) is 5.10 Å². The Labute approximate surface area is 360 Å². The maximum atomic E-state index is 15.1. The van der Waals surface area contributed by atoms with E-state index in [-0.39, 0.29) is 29.0 Å². The molecule has 3 amide bonds. The lowest BCUT2D eigenvalue weighted by Crippen LogP contribution is -2.58. The summed E-state index contributed by atoms with van der Waals surface area (Å²) < 4.78 is 15.1. The van der Waals surface area contributed by atoms with E-state index in [0.29, 0.717) is 84.4 Å². The van der Waals surface area contributed by atoms with Gasteiger partial charge in [0.1, 0.15) is 5.82 Å². The fourth-order valence-corrected chi connectivity index (χ4v) is 10.1. The van der Waals surface area contributed by atoms with Crippen LogP contribution in [0.1, 0.15) is 63.9 Å². The number of rotatable bonds is 10. The molecule has 3 unspecified atom stereocenters. The molecule has 0 spiro atoms. The Morgan fingerprint density at radius 2 is 1.56 bits per heavy atom. The number of benzene rings is 3. The van der Waals surface area contributed by atoms with Gasteiger partial charge >= 0.3 is 0 Å². The number of piperidine rings is 2. The number of aryl methyl sites for hydroxylation is 1. The molecule has 62 heavy (non-hydrogen) atoms. The molecule has 0 radical (unpaired) electrons. The molecule has 10 rings (SSSR count). The molecule has 14 heteroatoms. The predicted octanol–water partition coefficient (Wildman–Crippen LogP) is 4.70. The van der Waals surface area contributed by atoms with Crippen LogP contribution in [-0.2, 0) is 17.6 Å². The first-order valence-electron chi connectivity index (χ1n) is 22.0. The molecule has 3 N–H and O–H groups in total. The van der Waals surface area contributed by atoms with Crippen LogP contribution < -0.4 is 11.3 Å². The molecule has 5 aromatic rings. The Morgan fingerprint density at radius 3 is 2.31 bits per heavy atom. The molecule has 322 valence electrons. The smallest absolute Gasteiger partial charge is 0.274 e. The van der Waals surface area contributed by atoms with E-state index in [1.54, 1.807) is 35.4 Å². The van der Waals surface area contributed by atoms with Gasteiger partial charge in [-0.3, -0.25) is 24.1 Å². The van der Waals surface area contributed by atoms with E-state index in [2.05, 4.69) is 44.0 Å². The van der Waals surface area contributed by atoms with Crippen molar-refractivity contribution in [1.82, 2.24) is 39.7 Å². The number of nitrogen functional groups attached to an aromatic ring is 1. The summed E-state index contributed by atoms with van der Waals surface area (Å²) in [5.74, 6) is -0.0672. The number of nitrogens with one attached hydrogen (secondary N) is 1. The molecule has 13 nitrogen and oxygen atoms in total. The van der Waals surface area contributed by atoms with Crippen molar-refractivity contribution in [2.45, 2.75) is 45.1 Å². The number of pyridine rings is 1. The SMILES string of the molecule is CCc1cccc(-c2cnc(C(=O)N3CC4CCC3CC4CN3CCN(CC(=O)N4CCN(C(=O)c5cc(Cc6n[nH]c(=O)c7ccccc67)ccc5F)CC4)CC3)c(N)c2)c1. The molecule has 1 saturated carbocycles. The van der Waals surface area contributed by atoms with Gasteiger partial charge in [0, 0.05) is 95.1 Å². The standard InChI is InChI=1S/C48H54FN9O4/c1-2-31-6-5-7-33(22-31)35-26-42(50)45(51-27-35)48(62)58-29-34-11-12-37(58)25-36(34)28-54-14-16-55(17-15-54)30-44(59)56-18-20-57(21-19-56)47(61)40-23-32(10-13-41(40)49)24-43-38-8-3-4-9-39(38)46(60)53-52-43/h3-10,13,22-23,26-27,34,36-37H,2,11-12,14-21,24-25,28-30,50H2,1H3,(H,53,60). The number of anilines is 1. The number of halogens is 1. The summed E-state index contributed by atoms with van der Waals surface area (Å²) in [5.41, 5.74) is 11.5. The van der Waals surface area contributed by atoms with Crippen LogP contribution >= 0.6 is 0 Å². The highest BCUT2D eigenvalue weighted by Gasteiger charge is 2.43. The van der Waals surface area contributed by atoms with Gasteiger partial charge in [0.2, 0.25) is 5.91 Å². The third kappa shape index (κ3) is 8.58. The second-order valence-corrected chi connectivity index (χ2v) is 17.4. The highest BCUT2D eigenvalue weighted by molar-refractivity contribution is 5.98. The topological polar surface area (TPSA) is 152 Å². The van der Waals surface area contributed by atoms with Gasteiger partial charge in [-0.1, -0.05) is 55.5 Å². The Bertz CT molecular complexity index is 2550. The third-order valence-corrected chi connectivity index (χ3v) is 13.7. The number of amides is 3. The van der Waals surface area contributed by atoms with Gasteiger partial charge < -0.3 is 25.3 Å². The molecular weight excluding hydrogens is 786 g/mol. The summed E-state index contributed by atoms with van der Waals surface area (Å²) in [6.07, 6.45) is 6.14. The summed E-state index contributed by atoms with van der Waals surface area (Å²) in [6.45, 7) is 9.01. The Balaban J connectivity index is 0.723. The van der Waals surface area contributed by atoms with E-state index < -0.39 is 11.7 Å². The number of aromatic amines is 1. The zero-order valence-electron chi connectivity index (χ0n) is 35.3. The average Bonchev–Trinajstić information content (AvgIpc) is 3.31. The van der Waals surface area contributed by atoms with Gasteiger partial charge in [-0.25, -0.2) is 14.5 Å². The summed E-state index contributed by atoms with van der Waals surface area (Å²) in [5, 5.41) is 8.00. The molecule has 1 aliphatic carbocycles. The molecule has 3 aromatic carbocycles. The lowest BCUT2D eigenvalue weighted by molar-refractivity contribution is -0.134. The van der Waals surface area contributed by atoms with Crippen LogP contribution in [0.15, 0.2) is 83.8 Å². The molecule has 2 aromatic heterocycles. The van der Waals surface area contributed by atoms with Crippen molar-refractivity contribution in [3.8, 4) is 11.1 Å². The van der Waals surface area contributed by atoms with Crippen LogP contribution in [0.5, 0.6) is 0 Å². The summed E-state index contributed by atoms with van der Waals surface area (Å²) in [6, 6.07) is 22.1. The minimum absolute atomic E-state index is 0.0152. The summed E-state index contributed by atoms with van der Waals surface area (Å²) >= 11 is 0. The number of hydrogen-bond donors (Lipinski definition) is 2. The zero-order valence-corrected chi connectivity index (χ0v) is 35.3. The number of piperazine rings is 2. The highest BCUT2D eigenvalue weighted by Crippen LogP contribution is 2.41. The number of carbonyl (C=O) groups excluding carboxylic acids is 3. The Kier molecular flexibility index (Phi) is 11.9. The Hall–Kier alpha value is -5.99. The summed E-state index contributed by atoms with van der Waals surface area (Å²) in [7, 11) is 0. The molecule has 4 aliphatic heterocycles. The van der Waals surface area contributed by atoms with Gasteiger partial charge in [-0.15, -0.1) is 0 Å². The van der Waals surface area contributed by atoms with Crippen LogP contribution in [0.3, 0.4) is 0 Å². The van der Waals surface area contributed by atoms with Crippen molar-refractivity contribution in [1.29, 1.82) is 0 Å². The number of fused-ring (bicyclic) bond motifs is 4. The maximum absolute atomic E-state index is 15.1. The van der Waals surface area contributed by atoms with Gasteiger partial charge in [0.15, 0.2) is 5.69 Å². The van der Waals surface area contributed by atoms with Crippen LogP contribution in [0.25, 0.3) is 21.9 Å². The third-order valence-electron chi connectivity index (χ3n) is 13.7. The number of hydrogen-bond acceptors (Lipinski definition) is 9. The van der Waals surface area contributed by atoms with E-state index in [9.17, 15) is 19.2 Å². The maximum Gasteiger partial charge on any atom is 0.274 e. The minimum Gasteiger partial charge on any atom is -0.397 e. The van der Waals surface area contributed by atoms with Crippen LogP contribution in [-0.4, -0.2) is 135 Å². The van der Waals surface area contributed by atoms with E-state index in [1.807, 2.05) is 40.1 Å². The molecule has 5 aliphatic rings. The zero-order chi connectivity index (χ0) is 42.9. The molecule has 6 heterocycles. The van der Waals surface area contributed by atoms with Gasteiger partial charge in [0.05, 0.1) is 28.9 Å². The van der Waals surface area contributed by atoms with Crippen molar-refractivity contribution in [3.63, 3.8) is 0 Å². The molecule has 3 atom stereocenters. The monoisotopic (exact) mass is 839 g/mol. The largest absolute Gasteiger partial charge is 0.397 e. The fraction of sp³-hybridized carbons (Fsp3) is 0.417. The number of carbonyl (C=O) groups is 3. The van der Waals surface area contributed by atoms with Crippen molar-refractivity contribution in [2.24, 2.45) is 11.8 Å². The first-order chi connectivity index (χ1) is 30.1. The van der Waals surface area contributed by atoms with Crippen LogP contribution in [0.4, 0.5) is 10.1 Å². The van der Waals surface area contributed by atoms with Crippen molar-refractivity contribution >= 4 is 34.2 Å². The first kappa shape index (κ1) is 41.4. The number of nitrogens with zero attached hydrogens (tertiary/aromatic N) is 7. The fourth-order valence-electron chi connectivity index (χ4n) is 10.1. The van der Waals surface area contributed by atoms with Crippen molar-refractivity contribution in [3.05, 3.63) is 123 Å². The number of aromatic nitrogens is 3. The van der Waals surface area contributed by atoms with Crippen LogP contribution in [0, 0.1) is 17.7 Å². The lowest BCUT2D eigenvalue weighted by Gasteiger charge is -2.51. The minimum atomic E-state index is -0.599. The van der Waals surface area contributed by atoms with E-state index in [1.165, 1.54) is 11.6 Å². The lowest BCUT2D eigenvalue weighted by atomic mass is 9.71. The quantitative estimate of drug-likeness (QED) is 0.204. The van der Waals surface area contributed by atoms with E-state index in [4.69, 9.17) is 5.73 Å². The first-order valence-corrected chi connectivity index (χ1v) is 22.0. The summed E-state index contributed by atoms with van der Waals surface area (Å²) in [4.78, 5) is 67.8. The van der Waals surface area contributed by atoms with E-state index >= 15 is 4.39 Å². The van der Waals surface area contributed by atoms with Gasteiger partial charge in [-0.05, 0) is 78.5 Å². The molecule has 2 bridgehead atoms. The van der Waals surface area contributed by atoms with Gasteiger partial charge in [0.25, 0.3) is 17.4 Å². The number of nitrogens with two attached hydrogens (primary N) is 1.